The van der Waals surface area contributed by atoms with Gasteiger partial charge in [0.2, 0.25) is 10.0 Å². The molecule has 1 fully saturated rings. The number of sulfonamides is 1. The van der Waals surface area contributed by atoms with E-state index in [-0.39, 0.29) is 17.6 Å². The molecule has 0 amide bonds. The molecule has 2 aromatic heterocycles. The number of rotatable bonds is 8. The molecule has 1 saturated heterocycles. The van der Waals surface area contributed by atoms with Gasteiger partial charge in [0, 0.05) is 24.5 Å². The van der Waals surface area contributed by atoms with Crippen molar-refractivity contribution in [1.29, 1.82) is 0 Å². The van der Waals surface area contributed by atoms with Crippen LogP contribution in [-0.2, 0) is 21.3 Å². The lowest BCUT2D eigenvalue weighted by molar-refractivity contribution is -0.0891. The number of nitrogens with one attached hydrogen (secondary N) is 1. The zero-order chi connectivity index (χ0) is 22.6. The van der Waals surface area contributed by atoms with Crippen LogP contribution in [0.1, 0.15) is 24.8 Å². The minimum absolute atomic E-state index is 0.0988. The molecular formula is C22H27N5O4S. The maximum Gasteiger partial charge on any atom is 0.240 e. The Morgan fingerprint density at radius 2 is 2.03 bits per heavy atom. The topological polar surface area (TPSA) is 119 Å². The van der Waals surface area contributed by atoms with Crippen LogP contribution in [0.2, 0.25) is 0 Å². The molecule has 0 saturated carbocycles. The maximum atomic E-state index is 12.7. The van der Waals surface area contributed by atoms with Crippen molar-refractivity contribution in [3.8, 4) is 11.3 Å². The summed E-state index contributed by atoms with van der Waals surface area (Å²) in [6, 6.07) is 9.97. The highest BCUT2D eigenvalue weighted by Crippen LogP contribution is 2.24. The second-order valence-corrected chi connectivity index (χ2v) is 9.71. The number of aromatic nitrogens is 4. The number of hydrogen-bond acceptors (Lipinski definition) is 7. The predicted molar refractivity (Wildman–Crippen MR) is 118 cm³/mol. The third-order valence-corrected chi connectivity index (χ3v) is 7.12. The van der Waals surface area contributed by atoms with Gasteiger partial charge in [-0.15, -0.1) is 5.10 Å². The van der Waals surface area contributed by atoms with Gasteiger partial charge >= 0.3 is 0 Å². The van der Waals surface area contributed by atoms with Crippen molar-refractivity contribution in [3.05, 3.63) is 60.6 Å². The van der Waals surface area contributed by atoms with E-state index in [1.807, 2.05) is 25.3 Å². The monoisotopic (exact) mass is 457 g/mol. The molecule has 1 aliphatic rings. The lowest BCUT2D eigenvalue weighted by Crippen LogP contribution is -2.50. The van der Waals surface area contributed by atoms with Crippen LogP contribution in [-0.4, -0.2) is 58.4 Å². The Morgan fingerprint density at radius 1 is 1.22 bits per heavy atom. The number of hydrogen-bond donors (Lipinski definition) is 2. The van der Waals surface area contributed by atoms with E-state index in [9.17, 15) is 13.5 Å². The van der Waals surface area contributed by atoms with Gasteiger partial charge in [-0.25, -0.2) is 13.1 Å². The highest BCUT2D eigenvalue weighted by atomic mass is 32.2. The van der Waals surface area contributed by atoms with Gasteiger partial charge in [-0.2, -0.15) is 0 Å². The van der Waals surface area contributed by atoms with E-state index in [0.717, 1.165) is 16.8 Å². The normalized spacial score (nSPS) is 21.5. The summed E-state index contributed by atoms with van der Waals surface area (Å²) in [4.78, 5) is 4.30. The fraction of sp³-hybridized carbons (Fsp3) is 0.409. The Kier molecular flexibility index (Phi) is 6.95. The number of aliphatic hydroxyl groups excluding tert-OH is 1. The van der Waals surface area contributed by atoms with E-state index in [1.54, 1.807) is 41.3 Å². The fourth-order valence-electron chi connectivity index (χ4n) is 3.79. The van der Waals surface area contributed by atoms with Gasteiger partial charge < -0.3 is 9.84 Å². The van der Waals surface area contributed by atoms with Crippen molar-refractivity contribution in [2.45, 2.75) is 55.9 Å². The van der Waals surface area contributed by atoms with Gasteiger partial charge in [0.05, 0.1) is 35.9 Å². The van der Waals surface area contributed by atoms with Gasteiger partial charge in [0.15, 0.2) is 0 Å². The van der Waals surface area contributed by atoms with Crippen LogP contribution in [0.5, 0.6) is 0 Å². The smallest absolute Gasteiger partial charge is 0.240 e. The molecule has 0 radical (unpaired) electrons. The van der Waals surface area contributed by atoms with E-state index < -0.39 is 22.2 Å². The molecule has 32 heavy (non-hydrogen) atoms. The van der Waals surface area contributed by atoms with Gasteiger partial charge in [-0.3, -0.25) is 9.67 Å². The Bertz CT molecular complexity index is 1120. The molecule has 4 rings (SSSR count). The van der Waals surface area contributed by atoms with Crippen LogP contribution >= 0.6 is 0 Å². The van der Waals surface area contributed by atoms with E-state index in [1.165, 1.54) is 0 Å². The van der Waals surface area contributed by atoms with Gasteiger partial charge in [0.25, 0.3) is 0 Å². The number of benzene rings is 1. The van der Waals surface area contributed by atoms with E-state index >= 15 is 0 Å². The standard InChI is InChI=1S/C22H27N5O4S/c1-16-4-7-19(8-5-16)32(29,30)25-20-9-6-18(31-22(20)15-28)10-12-27-14-21(24-26-27)17-3-2-11-23-13-17/h2-5,7-8,11,13-14,18,20,22,25,28H,6,9-10,12,15H2,1H3/t18-,20-,22-/m1/s1. The van der Waals surface area contributed by atoms with Crippen molar-refractivity contribution >= 4 is 10.0 Å². The van der Waals surface area contributed by atoms with Crippen molar-refractivity contribution < 1.29 is 18.3 Å². The van der Waals surface area contributed by atoms with Crippen LogP contribution in [0.3, 0.4) is 0 Å². The van der Waals surface area contributed by atoms with Crippen LogP contribution < -0.4 is 4.72 Å². The Labute approximate surface area is 187 Å². The Balaban J connectivity index is 1.33. The van der Waals surface area contributed by atoms with Gasteiger partial charge in [0.1, 0.15) is 5.69 Å². The van der Waals surface area contributed by atoms with Gasteiger partial charge in [-0.1, -0.05) is 22.9 Å². The molecule has 0 aliphatic carbocycles. The first kappa shape index (κ1) is 22.5. The largest absolute Gasteiger partial charge is 0.394 e. The summed E-state index contributed by atoms with van der Waals surface area (Å²) in [5.74, 6) is 0. The second kappa shape index (κ2) is 9.86. The summed E-state index contributed by atoms with van der Waals surface area (Å²) in [6.07, 6.45) is 6.56. The molecule has 2 N–H and O–H groups in total. The summed E-state index contributed by atoms with van der Waals surface area (Å²) in [6.45, 7) is 2.25. The zero-order valence-electron chi connectivity index (χ0n) is 17.8. The summed E-state index contributed by atoms with van der Waals surface area (Å²) < 4.78 is 35.9. The first-order valence-corrected chi connectivity index (χ1v) is 12.1. The molecule has 1 aromatic carbocycles. The highest BCUT2D eigenvalue weighted by molar-refractivity contribution is 7.89. The summed E-state index contributed by atoms with van der Waals surface area (Å²) in [5, 5.41) is 18.1. The molecule has 3 atom stereocenters. The Hall–Kier alpha value is -2.66. The second-order valence-electron chi connectivity index (χ2n) is 7.99. The average Bonchev–Trinajstić information content (AvgIpc) is 3.28. The molecule has 0 bridgehead atoms. The molecular weight excluding hydrogens is 430 g/mol. The van der Waals surface area contributed by atoms with E-state index in [4.69, 9.17) is 4.74 Å². The number of ether oxygens (including phenoxy) is 1. The number of nitrogens with zero attached hydrogens (tertiary/aromatic N) is 4. The van der Waals surface area contributed by atoms with Crippen molar-refractivity contribution in [1.82, 2.24) is 24.7 Å². The molecule has 9 nitrogen and oxygen atoms in total. The summed E-state index contributed by atoms with van der Waals surface area (Å²) >= 11 is 0. The third kappa shape index (κ3) is 5.39. The summed E-state index contributed by atoms with van der Waals surface area (Å²) in [7, 11) is -3.68. The van der Waals surface area contributed by atoms with Crippen LogP contribution in [0.4, 0.5) is 0 Å². The van der Waals surface area contributed by atoms with Crippen LogP contribution in [0.15, 0.2) is 59.9 Å². The van der Waals surface area contributed by atoms with Crippen LogP contribution in [0, 0.1) is 6.92 Å². The molecule has 1 aliphatic heterocycles. The van der Waals surface area contributed by atoms with Crippen molar-refractivity contribution in [2.75, 3.05) is 6.61 Å². The summed E-state index contributed by atoms with van der Waals surface area (Å²) in [5.41, 5.74) is 2.64. The molecule has 10 heteroatoms. The minimum atomic E-state index is -3.68. The lowest BCUT2D eigenvalue weighted by Gasteiger charge is -2.36. The van der Waals surface area contributed by atoms with Crippen LogP contribution in [0.25, 0.3) is 11.3 Å². The van der Waals surface area contributed by atoms with Gasteiger partial charge in [-0.05, 0) is 50.5 Å². The first-order valence-electron chi connectivity index (χ1n) is 10.6. The maximum absolute atomic E-state index is 12.7. The molecule has 3 aromatic rings. The fourth-order valence-corrected chi connectivity index (χ4v) is 5.09. The molecule has 0 spiro atoms. The van der Waals surface area contributed by atoms with E-state index in [2.05, 4.69) is 20.0 Å². The number of aliphatic hydroxyl groups is 1. The lowest BCUT2D eigenvalue weighted by atomic mass is 9.98. The SMILES string of the molecule is Cc1ccc(S(=O)(=O)N[C@@H]2CC[C@H](CCn3cc(-c4cccnc4)nn3)O[C@@H]2CO)cc1. The Morgan fingerprint density at radius 3 is 2.75 bits per heavy atom. The van der Waals surface area contributed by atoms with E-state index in [0.29, 0.717) is 25.8 Å². The zero-order valence-corrected chi connectivity index (χ0v) is 18.6. The van der Waals surface area contributed by atoms with Crippen molar-refractivity contribution in [2.24, 2.45) is 0 Å². The number of aryl methyl sites for hydroxylation is 2. The van der Waals surface area contributed by atoms with Crippen molar-refractivity contribution in [3.63, 3.8) is 0 Å². The predicted octanol–water partition coefficient (Wildman–Crippen LogP) is 1.93. The minimum Gasteiger partial charge on any atom is -0.394 e. The molecule has 3 heterocycles. The number of pyridine rings is 1. The highest BCUT2D eigenvalue weighted by Gasteiger charge is 2.33. The first-order chi connectivity index (χ1) is 15.4. The molecule has 170 valence electrons. The molecule has 0 unspecified atom stereocenters. The quantitative estimate of drug-likeness (QED) is 0.530. The third-order valence-electron chi connectivity index (χ3n) is 5.61. The average molecular weight is 458 g/mol.